The summed E-state index contributed by atoms with van der Waals surface area (Å²) in [6, 6.07) is 6.18. The molecule has 2 N–H and O–H groups in total. The molecule has 3 rings (SSSR count). The summed E-state index contributed by atoms with van der Waals surface area (Å²) in [7, 11) is 0. The molecule has 1 saturated heterocycles. The van der Waals surface area contributed by atoms with Crippen LogP contribution >= 0.6 is 0 Å². The van der Waals surface area contributed by atoms with Crippen LogP contribution in [0.15, 0.2) is 24.3 Å². The van der Waals surface area contributed by atoms with Gasteiger partial charge in [-0.25, -0.2) is 4.79 Å². The van der Waals surface area contributed by atoms with Crippen molar-refractivity contribution in [3.05, 3.63) is 35.4 Å². The van der Waals surface area contributed by atoms with Crippen molar-refractivity contribution in [2.24, 2.45) is 0 Å². The molecule has 2 aliphatic rings. The third-order valence-corrected chi connectivity index (χ3v) is 5.16. The van der Waals surface area contributed by atoms with Gasteiger partial charge in [0.2, 0.25) is 5.91 Å². The van der Waals surface area contributed by atoms with Gasteiger partial charge in [0.05, 0.1) is 12.6 Å². The van der Waals surface area contributed by atoms with Crippen molar-refractivity contribution in [2.75, 3.05) is 6.54 Å². The fraction of sp³-hybridized carbons (Fsp3) is 0.474. The van der Waals surface area contributed by atoms with E-state index in [1.54, 1.807) is 24.3 Å². The number of nitrogens with one attached hydrogen (secondary N) is 2. The van der Waals surface area contributed by atoms with Crippen LogP contribution in [-0.4, -0.2) is 40.6 Å². The number of hydrogen-bond donors (Lipinski definition) is 2. The highest BCUT2D eigenvalue weighted by molar-refractivity contribution is 6.11. The first-order valence-corrected chi connectivity index (χ1v) is 8.87. The number of rotatable bonds is 5. The van der Waals surface area contributed by atoms with Gasteiger partial charge in [0.15, 0.2) is 5.78 Å². The second kappa shape index (κ2) is 6.90. The van der Waals surface area contributed by atoms with Crippen molar-refractivity contribution >= 4 is 23.6 Å². The first-order chi connectivity index (χ1) is 12.3. The lowest BCUT2D eigenvalue weighted by Crippen LogP contribution is -2.44. The third-order valence-electron chi connectivity index (χ3n) is 5.16. The number of Topliss-reactive ketones (excluding diaryl/α,β-unsaturated/α-hetero) is 1. The molecule has 0 bridgehead atoms. The topological polar surface area (TPSA) is 95.6 Å². The van der Waals surface area contributed by atoms with Crippen LogP contribution in [0.3, 0.4) is 0 Å². The molecule has 0 radical (unpaired) electrons. The third kappa shape index (κ3) is 3.34. The van der Waals surface area contributed by atoms with Gasteiger partial charge in [0, 0.05) is 12.5 Å². The zero-order valence-electron chi connectivity index (χ0n) is 15.0. The zero-order valence-corrected chi connectivity index (χ0v) is 15.0. The Morgan fingerprint density at radius 1 is 1.19 bits per heavy atom. The number of ketones is 1. The Morgan fingerprint density at radius 3 is 2.38 bits per heavy atom. The Bertz CT molecular complexity index is 751. The van der Waals surface area contributed by atoms with E-state index in [4.69, 9.17) is 0 Å². The number of carbonyl (C=O) groups is 4. The summed E-state index contributed by atoms with van der Waals surface area (Å²) in [6.45, 7) is 3.04. The van der Waals surface area contributed by atoms with E-state index in [0.717, 1.165) is 23.3 Å². The minimum atomic E-state index is -0.797. The number of benzene rings is 1. The highest BCUT2D eigenvalue weighted by atomic mass is 16.2. The van der Waals surface area contributed by atoms with Gasteiger partial charge in [-0.1, -0.05) is 37.1 Å². The number of hydrogen-bond acceptors (Lipinski definition) is 4. The number of nitrogens with zero attached hydrogens (tertiary/aromatic N) is 1. The first-order valence-electron chi connectivity index (χ1n) is 8.87. The monoisotopic (exact) mass is 357 g/mol. The average molecular weight is 357 g/mol. The van der Waals surface area contributed by atoms with Gasteiger partial charge in [-0.2, -0.15) is 0 Å². The van der Waals surface area contributed by atoms with Crippen molar-refractivity contribution in [3.63, 3.8) is 0 Å². The van der Waals surface area contributed by atoms with Crippen molar-refractivity contribution < 1.29 is 19.2 Å². The van der Waals surface area contributed by atoms with E-state index in [2.05, 4.69) is 10.6 Å². The number of amides is 4. The van der Waals surface area contributed by atoms with E-state index in [0.29, 0.717) is 18.4 Å². The fourth-order valence-electron chi connectivity index (χ4n) is 3.72. The lowest BCUT2D eigenvalue weighted by atomic mass is 9.98. The summed E-state index contributed by atoms with van der Waals surface area (Å²) in [5.41, 5.74) is 0.503. The van der Waals surface area contributed by atoms with Gasteiger partial charge in [-0.15, -0.1) is 0 Å². The lowest BCUT2D eigenvalue weighted by molar-refractivity contribution is -0.130. The van der Waals surface area contributed by atoms with Crippen LogP contribution < -0.4 is 10.6 Å². The van der Waals surface area contributed by atoms with Gasteiger partial charge in [-0.3, -0.25) is 19.3 Å². The van der Waals surface area contributed by atoms with Gasteiger partial charge < -0.3 is 10.6 Å². The van der Waals surface area contributed by atoms with Crippen LogP contribution in [0.25, 0.3) is 0 Å². The maximum Gasteiger partial charge on any atom is 0.325 e. The highest BCUT2D eigenvalue weighted by Gasteiger charge is 2.52. The molecule has 1 saturated carbocycles. The van der Waals surface area contributed by atoms with Gasteiger partial charge in [0.25, 0.3) is 5.91 Å². The molecular formula is C19H23N3O4. The summed E-state index contributed by atoms with van der Waals surface area (Å²) < 4.78 is 0. The Hall–Kier alpha value is -2.70. The Kier molecular flexibility index (Phi) is 4.80. The molecule has 1 atom stereocenters. The van der Waals surface area contributed by atoms with Crippen LogP contribution in [0.4, 0.5) is 4.79 Å². The minimum Gasteiger partial charge on any atom is -0.350 e. The largest absolute Gasteiger partial charge is 0.350 e. The molecule has 7 heteroatoms. The summed E-state index contributed by atoms with van der Waals surface area (Å²) >= 11 is 0. The molecule has 1 aromatic carbocycles. The second-order valence-corrected chi connectivity index (χ2v) is 7.08. The van der Waals surface area contributed by atoms with Crippen LogP contribution in [0.2, 0.25) is 0 Å². The van der Waals surface area contributed by atoms with E-state index >= 15 is 0 Å². The van der Waals surface area contributed by atoms with Crippen LogP contribution in [0.1, 0.15) is 61.5 Å². The standard InChI is InChI=1S/C19H23N3O4/c1-12(20-13(2)23)14-5-7-15(8-6-14)16(24)11-22-17(25)19(21-18(22)26)9-3-4-10-19/h5-8,12H,3-4,9-11H2,1-2H3,(H,20,23)(H,21,26)/t12-/m0/s1. The predicted octanol–water partition coefficient (Wildman–Crippen LogP) is 1.93. The summed E-state index contributed by atoms with van der Waals surface area (Å²) in [6.07, 6.45) is 3.08. The van der Waals surface area contributed by atoms with Gasteiger partial charge in [-0.05, 0) is 25.3 Å². The smallest absolute Gasteiger partial charge is 0.325 e. The molecule has 138 valence electrons. The number of carbonyl (C=O) groups excluding carboxylic acids is 4. The molecule has 1 aromatic rings. The molecule has 0 aromatic heterocycles. The molecule has 1 aliphatic carbocycles. The molecule has 26 heavy (non-hydrogen) atoms. The van der Waals surface area contributed by atoms with E-state index < -0.39 is 11.6 Å². The molecule has 1 spiro atoms. The maximum atomic E-state index is 12.6. The molecule has 1 aliphatic heterocycles. The van der Waals surface area contributed by atoms with Crippen molar-refractivity contribution in [2.45, 2.75) is 51.1 Å². The second-order valence-electron chi connectivity index (χ2n) is 7.08. The minimum absolute atomic E-state index is 0.128. The van der Waals surface area contributed by atoms with E-state index in [9.17, 15) is 19.2 Å². The Morgan fingerprint density at radius 2 is 1.81 bits per heavy atom. The van der Waals surface area contributed by atoms with E-state index in [1.165, 1.54) is 6.92 Å². The predicted molar refractivity (Wildman–Crippen MR) is 94.4 cm³/mol. The SMILES string of the molecule is CC(=O)N[C@@H](C)c1ccc(C(=O)CN2C(=O)NC3(CCCC3)C2=O)cc1. The van der Waals surface area contributed by atoms with E-state index in [-0.39, 0.29) is 30.2 Å². The quantitative estimate of drug-likeness (QED) is 0.622. The van der Waals surface area contributed by atoms with Crippen LogP contribution in [-0.2, 0) is 9.59 Å². The normalized spacial score (nSPS) is 19.5. The van der Waals surface area contributed by atoms with Gasteiger partial charge in [0.1, 0.15) is 5.54 Å². The number of urea groups is 1. The Labute approximate surface area is 152 Å². The first kappa shape index (κ1) is 18.1. The molecule has 2 fully saturated rings. The average Bonchev–Trinajstić information content (AvgIpc) is 3.15. The van der Waals surface area contributed by atoms with Crippen molar-refractivity contribution in [3.8, 4) is 0 Å². The molecule has 0 unspecified atom stereocenters. The molecule has 1 heterocycles. The lowest BCUT2D eigenvalue weighted by Gasteiger charge is -2.19. The molecule has 7 nitrogen and oxygen atoms in total. The zero-order chi connectivity index (χ0) is 18.9. The van der Waals surface area contributed by atoms with Crippen molar-refractivity contribution in [1.82, 2.24) is 15.5 Å². The van der Waals surface area contributed by atoms with Crippen LogP contribution in [0.5, 0.6) is 0 Å². The van der Waals surface area contributed by atoms with Gasteiger partial charge >= 0.3 is 6.03 Å². The number of imide groups is 1. The summed E-state index contributed by atoms with van der Waals surface area (Å²) in [5.74, 6) is -0.705. The summed E-state index contributed by atoms with van der Waals surface area (Å²) in [5, 5.41) is 5.55. The van der Waals surface area contributed by atoms with Crippen LogP contribution in [0, 0.1) is 0 Å². The Balaban J connectivity index is 1.67. The van der Waals surface area contributed by atoms with E-state index in [1.807, 2.05) is 6.92 Å². The highest BCUT2D eigenvalue weighted by Crippen LogP contribution is 2.35. The molecular weight excluding hydrogens is 334 g/mol. The fourth-order valence-corrected chi connectivity index (χ4v) is 3.72. The maximum absolute atomic E-state index is 12.6. The van der Waals surface area contributed by atoms with Crippen molar-refractivity contribution in [1.29, 1.82) is 0 Å². The summed E-state index contributed by atoms with van der Waals surface area (Å²) in [4.78, 5) is 49.4. The molecule has 4 amide bonds.